The summed E-state index contributed by atoms with van der Waals surface area (Å²) in [7, 11) is 0.417. The lowest BCUT2D eigenvalue weighted by molar-refractivity contribution is 0.0986. The van der Waals surface area contributed by atoms with Crippen LogP contribution < -0.4 is 4.90 Å². The molecule has 1 unspecified atom stereocenters. The fourth-order valence-corrected chi connectivity index (χ4v) is 7.90. The van der Waals surface area contributed by atoms with Gasteiger partial charge in [-0.25, -0.2) is 13.4 Å². The van der Waals surface area contributed by atoms with Crippen molar-refractivity contribution in [2.45, 2.75) is 50.0 Å². The van der Waals surface area contributed by atoms with Crippen LogP contribution in [0, 0.1) is 0 Å². The lowest BCUT2D eigenvalue weighted by Crippen LogP contribution is -2.43. The van der Waals surface area contributed by atoms with Gasteiger partial charge in [0.2, 0.25) is 10.0 Å². The number of fused-ring (bicyclic) bond motifs is 1. The lowest BCUT2D eigenvalue weighted by Gasteiger charge is -2.34. The van der Waals surface area contributed by atoms with Gasteiger partial charge >= 0.3 is 0 Å². The molecule has 1 fully saturated rings. The van der Waals surface area contributed by atoms with E-state index in [2.05, 4.69) is 20.8 Å². The zero-order valence-electron chi connectivity index (χ0n) is 21.4. The Balaban J connectivity index is 0.00000380. The molecule has 1 aliphatic rings. The number of carbonyl (C=O) groups excluding carboxylic acids is 1. The van der Waals surface area contributed by atoms with Crippen molar-refractivity contribution >= 4 is 71.0 Å². The highest BCUT2D eigenvalue weighted by Gasteiger charge is 2.32. The molecule has 4 rings (SSSR count). The molecule has 0 saturated carbocycles. The zero-order valence-corrected chi connectivity index (χ0v) is 25.4. The van der Waals surface area contributed by atoms with Crippen molar-refractivity contribution in [3.8, 4) is 0 Å². The summed E-state index contributed by atoms with van der Waals surface area (Å²) in [6.45, 7) is 3.94. The minimum absolute atomic E-state index is 0. The molecule has 0 spiro atoms. The van der Waals surface area contributed by atoms with Gasteiger partial charge in [-0.15, -0.1) is 12.4 Å². The molecule has 1 amide bonds. The Kier molecular flexibility index (Phi) is 10.5. The Morgan fingerprint density at radius 1 is 1.14 bits per heavy atom. The maximum absolute atomic E-state index is 13.6. The Bertz CT molecular complexity index is 1320. The minimum Gasteiger partial charge on any atom is -0.309 e. The smallest absolute Gasteiger partial charge is 0.260 e. The lowest BCUT2D eigenvalue weighted by atomic mass is 10.0. The maximum atomic E-state index is 13.6. The number of benzene rings is 2. The number of sulfonamides is 1. The van der Waals surface area contributed by atoms with Gasteiger partial charge in [-0.05, 0) is 88.8 Å². The van der Waals surface area contributed by atoms with Crippen molar-refractivity contribution in [2.75, 3.05) is 38.6 Å². The predicted octanol–water partition coefficient (Wildman–Crippen LogP) is 6.03. The van der Waals surface area contributed by atoms with Gasteiger partial charge in [0.1, 0.15) is 0 Å². The first-order chi connectivity index (χ1) is 17.2. The number of nitrogens with zero attached hydrogens (tertiary/aromatic N) is 4. The first-order valence-corrected chi connectivity index (χ1v) is 15.4. The van der Waals surface area contributed by atoms with Crippen molar-refractivity contribution < 1.29 is 13.2 Å². The number of hydrogen-bond acceptors (Lipinski definition) is 6. The third-order valence-corrected chi connectivity index (χ3v) is 10.1. The average Bonchev–Trinajstić information content (AvgIpc) is 3.29. The normalized spacial score (nSPS) is 16.6. The number of amides is 1. The number of rotatable bonds is 9. The second-order valence-electron chi connectivity index (χ2n) is 9.42. The second kappa shape index (κ2) is 13.0. The maximum Gasteiger partial charge on any atom is 0.260 e. The van der Waals surface area contributed by atoms with Crippen LogP contribution in [0.4, 0.5) is 5.13 Å². The van der Waals surface area contributed by atoms with Crippen LogP contribution in [0.25, 0.3) is 10.2 Å². The largest absolute Gasteiger partial charge is 0.309 e. The SMILES string of the molecule is CCC1CCCCN1S(=O)(=O)c1ccc(C(=O)N(CCCN(C)C)c2nc3ccc(Br)cc3s2)cc1.Cl. The molecule has 2 aromatic carbocycles. The highest BCUT2D eigenvalue weighted by atomic mass is 79.9. The van der Waals surface area contributed by atoms with E-state index < -0.39 is 10.0 Å². The molecule has 202 valence electrons. The van der Waals surface area contributed by atoms with E-state index in [1.54, 1.807) is 33.5 Å². The van der Waals surface area contributed by atoms with Crippen molar-refractivity contribution in [2.24, 2.45) is 0 Å². The topological polar surface area (TPSA) is 73.8 Å². The standard InChI is InChI=1S/C26H33BrN4O3S2.ClH/c1-4-21-8-5-6-17-31(21)36(33,34)22-12-9-19(10-13-22)25(32)30(16-7-15-29(2)3)26-28-23-14-11-20(27)18-24(23)35-26;/h9-14,18,21H,4-8,15-17H2,1-3H3;1H. The monoisotopic (exact) mass is 628 g/mol. The fourth-order valence-electron chi connectivity index (χ4n) is 4.59. The van der Waals surface area contributed by atoms with E-state index in [0.717, 1.165) is 53.3 Å². The van der Waals surface area contributed by atoms with Crippen molar-refractivity contribution in [1.29, 1.82) is 0 Å². The molecule has 7 nitrogen and oxygen atoms in total. The summed E-state index contributed by atoms with van der Waals surface area (Å²) in [6.07, 6.45) is 4.43. The van der Waals surface area contributed by atoms with Gasteiger partial charge in [0.05, 0.1) is 15.1 Å². The molecule has 0 aliphatic carbocycles. The minimum atomic E-state index is -3.60. The Morgan fingerprint density at radius 2 is 1.86 bits per heavy atom. The predicted molar refractivity (Wildman–Crippen MR) is 158 cm³/mol. The summed E-state index contributed by atoms with van der Waals surface area (Å²) >= 11 is 4.98. The molecule has 0 radical (unpaired) electrons. The molecule has 0 N–H and O–H groups in total. The molecule has 11 heteroatoms. The quantitative estimate of drug-likeness (QED) is 0.289. The van der Waals surface area contributed by atoms with Crippen molar-refractivity contribution in [1.82, 2.24) is 14.2 Å². The number of thiazole rings is 1. The van der Waals surface area contributed by atoms with E-state index in [4.69, 9.17) is 4.98 Å². The van der Waals surface area contributed by atoms with Crippen molar-refractivity contribution in [3.63, 3.8) is 0 Å². The first kappa shape index (κ1) is 30.0. The second-order valence-corrected chi connectivity index (χ2v) is 13.2. The van der Waals surface area contributed by atoms with E-state index in [1.165, 1.54) is 11.3 Å². The van der Waals surface area contributed by atoms with Gasteiger partial charge in [-0.1, -0.05) is 40.6 Å². The summed E-state index contributed by atoms with van der Waals surface area (Å²) in [6, 6.07) is 12.3. The summed E-state index contributed by atoms with van der Waals surface area (Å²) in [5.74, 6) is -0.180. The average molecular weight is 630 g/mol. The third kappa shape index (κ3) is 6.91. The van der Waals surface area contributed by atoms with Gasteiger partial charge in [0.25, 0.3) is 5.91 Å². The first-order valence-electron chi connectivity index (χ1n) is 12.4. The summed E-state index contributed by atoms with van der Waals surface area (Å²) in [5.41, 5.74) is 1.29. The van der Waals surface area contributed by atoms with Gasteiger partial charge in [-0.3, -0.25) is 9.69 Å². The molecule has 2 heterocycles. The highest BCUT2D eigenvalue weighted by Crippen LogP contribution is 2.32. The molecule has 0 bridgehead atoms. The van der Waals surface area contributed by atoms with Crippen LogP contribution >= 0.6 is 39.7 Å². The van der Waals surface area contributed by atoms with Crippen LogP contribution in [0.2, 0.25) is 0 Å². The van der Waals surface area contributed by atoms with Gasteiger partial charge < -0.3 is 4.90 Å². The zero-order chi connectivity index (χ0) is 25.9. The molecule has 3 aromatic rings. The summed E-state index contributed by atoms with van der Waals surface area (Å²) in [5, 5.41) is 0.641. The third-order valence-electron chi connectivity index (χ3n) is 6.55. The van der Waals surface area contributed by atoms with E-state index in [-0.39, 0.29) is 29.3 Å². The Labute approximate surface area is 238 Å². The van der Waals surface area contributed by atoms with Gasteiger partial charge in [0, 0.05) is 29.2 Å². The van der Waals surface area contributed by atoms with Crippen LogP contribution in [0.5, 0.6) is 0 Å². The van der Waals surface area contributed by atoms with Crippen LogP contribution in [-0.4, -0.2) is 68.3 Å². The van der Waals surface area contributed by atoms with Gasteiger partial charge in [-0.2, -0.15) is 4.31 Å². The number of anilines is 1. The molecule has 37 heavy (non-hydrogen) atoms. The van der Waals surface area contributed by atoms with E-state index in [1.807, 2.05) is 39.2 Å². The number of halogens is 2. The Hall–Kier alpha value is -1.56. The van der Waals surface area contributed by atoms with Crippen LogP contribution in [0.3, 0.4) is 0 Å². The molecule has 1 atom stereocenters. The molecular formula is C26H34BrClN4O3S2. The molecular weight excluding hydrogens is 596 g/mol. The fraction of sp³-hybridized carbons (Fsp3) is 0.462. The Morgan fingerprint density at radius 3 is 2.54 bits per heavy atom. The number of aromatic nitrogens is 1. The van der Waals surface area contributed by atoms with Gasteiger partial charge in [0.15, 0.2) is 5.13 Å². The number of piperidine rings is 1. The molecule has 1 saturated heterocycles. The van der Waals surface area contributed by atoms with Crippen LogP contribution in [0.1, 0.15) is 49.4 Å². The summed E-state index contributed by atoms with van der Waals surface area (Å²) in [4.78, 5) is 22.4. The summed E-state index contributed by atoms with van der Waals surface area (Å²) < 4.78 is 30.3. The van der Waals surface area contributed by atoms with E-state index >= 15 is 0 Å². The van der Waals surface area contributed by atoms with Crippen LogP contribution in [0.15, 0.2) is 51.8 Å². The number of carbonyl (C=O) groups is 1. The van der Waals surface area contributed by atoms with E-state index in [9.17, 15) is 13.2 Å². The molecule has 1 aliphatic heterocycles. The number of hydrogen-bond donors (Lipinski definition) is 0. The van der Waals surface area contributed by atoms with Crippen molar-refractivity contribution in [3.05, 3.63) is 52.5 Å². The highest BCUT2D eigenvalue weighted by molar-refractivity contribution is 9.10. The van der Waals surface area contributed by atoms with Crippen LogP contribution in [-0.2, 0) is 10.0 Å². The molecule has 1 aromatic heterocycles. The van der Waals surface area contributed by atoms with E-state index in [0.29, 0.717) is 23.8 Å².